The van der Waals surface area contributed by atoms with E-state index in [0.717, 1.165) is 12.1 Å². The molecule has 0 aromatic heterocycles. The zero-order valence-corrected chi connectivity index (χ0v) is 9.17. The fraction of sp³-hybridized carbons (Fsp3) is 0.222. The molecule has 0 aliphatic carbocycles. The van der Waals surface area contributed by atoms with Gasteiger partial charge in [0.05, 0.1) is 0 Å². The number of halogens is 2. The van der Waals surface area contributed by atoms with Crippen LogP contribution in [0.2, 0.25) is 0 Å². The number of carbonyl (C=O) groups excluding carboxylic acids is 1. The zero-order chi connectivity index (χ0) is 12.1. The van der Waals surface area contributed by atoms with E-state index in [1.807, 2.05) is 0 Å². The van der Waals surface area contributed by atoms with Gasteiger partial charge in [-0.25, -0.2) is 8.78 Å². The molecule has 0 radical (unpaired) electrons. The summed E-state index contributed by atoms with van der Waals surface area (Å²) >= 11 is 0. The van der Waals surface area contributed by atoms with E-state index < -0.39 is 31.1 Å². The average Bonchev–Trinajstić information content (AvgIpc) is 2.22. The maximum atomic E-state index is 13.0. The summed E-state index contributed by atoms with van der Waals surface area (Å²) in [5.74, 6) is -2.34. The van der Waals surface area contributed by atoms with Gasteiger partial charge in [0.1, 0.15) is 12.4 Å². The molecule has 0 aliphatic heterocycles. The van der Waals surface area contributed by atoms with Gasteiger partial charge in [0.15, 0.2) is 11.6 Å². The Morgan fingerprint density at radius 2 is 2.12 bits per heavy atom. The second-order valence-corrected chi connectivity index (χ2v) is 3.76. The molecule has 0 bridgehead atoms. The van der Waals surface area contributed by atoms with Crippen molar-refractivity contribution < 1.29 is 27.4 Å². The van der Waals surface area contributed by atoms with Crippen LogP contribution in [0.4, 0.5) is 13.6 Å². The van der Waals surface area contributed by atoms with E-state index in [4.69, 9.17) is 0 Å². The summed E-state index contributed by atoms with van der Waals surface area (Å²) in [5, 5.41) is 0. The lowest BCUT2D eigenvalue weighted by molar-refractivity contribution is 0.216. The zero-order valence-electron chi connectivity index (χ0n) is 8.28. The molecule has 1 rings (SSSR count). The van der Waals surface area contributed by atoms with Crippen molar-refractivity contribution in [2.45, 2.75) is 6.92 Å². The highest BCUT2D eigenvalue weighted by molar-refractivity contribution is 7.58. The molecule has 0 amide bonds. The standard InChI is InChI=1S/C9H8F2O4P/c1-2-14-16(13)9(12)15-8-4-3-6(10)5-7(8)11/h3-5H,2H2,1H3/q+1. The van der Waals surface area contributed by atoms with Gasteiger partial charge in [0.25, 0.3) is 0 Å². The molecule has 0 saturated heterocycles. The number of ether oxygens (including phenoxy) is 1. The van der Waals surface area contributed by atoms with Crippen molar-refractivity contribution in [1.29, 1.82) is 0 Å². The molecule has 0 saturated carbocycles. The van der Waals surface area contributed by atoms with Crippen LogP contribution in [0.5, 0.6) is 5.75 Å². The topological polar surface area (TPSA) is 52.6 Å². The fourth-order valence-electron chi connectivity index (χ4n) is 0.859. The van der Waals surface area contributed by atoms with Crippen LogP contribution in [0, 0.1) is 11.6 Å². The summed E-state index contributed by atoms with van der Waals surface area (Å²) in [7, 11) is -2.66. The van der Waals surface area contributed by atoms with Gasteiger partial charge in [-0.2, -0.15) is 4.79 Å². The van der Waals surface area contributed by atoms with Crippen LogP contribution >= 0.6 is 8.03 Å². The van der Waals surface area contributed by atoms with Gasteiger partial charge in [-0.3, -0.25) is 0 Å². The Labute approximate surface area is 91.0 Å². The number of hydrogen-bond donors (Lipinski definition) is 0. The molecule has 1 aromatic carbocycles. The minimum Gasteiger partial charge on any atom is -0.383 e. The Kier molecular flexibility index (Phi) is 4.46. The number of benzene rings is 1. The first kappa shape index (κ1) is 12.7. The predicted molar refractivity (Wildman–Crippen MR) is 51.6 cm³/mol. The SMILES string of the molecule is CCO[P+](=O)C(=O)Oc1ccc(F)cc1F. The maximum Gasteiger partial charge on any atom is 0.636 e. The Morgan fingerprint density at radius 1 is 1.44 bits per heavy atom. The Bertz CT molecular complexity index is 422. The molecule has 86 valence electrons. The van der Waals surface area contributed by atoms with E-state index in [1.165, 1.54) is 0 Å². The smallest absolute Gasteiger partial charge is 0.383 e. The Hall–Kier alpha value is -1.39. The number of hydrogen-bond acceptors (Lipinski definition) is 4. The van der Waals surface area contributed by atoms with Gasteiger partial charge in [-0.15, -0.1) is 4.52 Å². The van der Waals surface area contributed by atoms with Gasteiger partial charge in [-0.05, 0) is 23.6 Å². The van der Waals surface area contributed by atoms with Crippen LogP contribution in [0.3, 0.4) is 0 Å². The second kappa shape index (κ2) is 5.63. The van der Waals surface area contributed by atoms with Crippen LogP contribution in [0.15, 0.2) is 18.2 Å². The molecule has 0 heterocycles. The number of carbonyl (C=O) groups is 1. The van der Waals surface area contributed by atoms with Gasteiger partial charge < -0.3 is 4.74 Å². The van der Waals surface area contributed by atoms with Crippen LogP contribution in [-0.4, -0.2) is 12.3 Å². The molecular formula is C9H8F2O4P+. The first-order chi connectivity index (χ1) is 7.54. The molecule has 0 fully saturated rings. The first-order valence-electron chi connectivity index (χ1n) is 4.31. The minimum absolute atomic E-state index is 0.0657. The van der Waals surface area contributed by atoms with Crippen LogP contribution < -0.4 is 4.74 Å². The summed E-state index contributed by atoms with van der Waals surface area (Å²) in [6, 6.07) is 2.40. The second-order valence-electron chi connectivity index (χ2n) is 2.62. The van der Waals surface area contributed by atoms with E-state index in [-0.39, 0.29) is 6.61 Å². The summed E-state index contributed by atoms with van der Waals surface area (Å²) in [5.41, 5.74) is -1.21. The highest BCUT2D eigenvalue weighted by Gasteiger charge is 2.34. The summed E-state index contributed by atoms with van der Waals surface area (Å²) in [6.45, 7) is 1.61. The Balaban J connectivity index is 2.73. The maximum absolute atomic E-state index is 13.0. The summed E-state index contributed by atoms with van der Waals surface area (Å²) < 4.78 is 45.4. The van der Waals surface area contributed by atoms with Gasteiger partial charge in [0, 0.05) is 6.07 Å². The molecule has 1 unspecified atom stereocenters. The average molecular weight is 249 g/mol. The molecule has 0 spiro atoms. The lowest BCUT2D eigenvalue weighted by Gasteiger charge is -1.98. The highest BCUT2D eigenvalue weighted by atomic mass is 31.1. The minimum atomic E-state index is -2.66. The van der Waals surface area contributed by atoms with Crippen molar-refractivity contribution in [3.8, 4) is 5.75 Å². The molecule has 1 aromatic rings. The lowest BCUT2D eigenvalue weighted by Crippen LogP contribution is -2.03. The molecule has 0 N–H and O–H groups in total. The van der Waals surface area contributed by atoms with Gasteiger partial charge >= 0.3 is 13.7 Å². The fourth-order valence-corrected chi connectivity index (χ4v) is 1.37. The third-order valence-electron chi connectivity index (χ3n) is 1.49. The van der Waals surface area contributed by atoms with E-state index >= 15 is 0 Å². The van der Waals surface area contributed by atoms with Crippen molar-refractivity contribution in [2.75, 3.05) is 6.61 Å². The third kappa shape index (κ3) is 3.32. The van der Waals surface area contributed by atoms with Crippen molar-refractivity contribution in [2.24, 2.45) is 0 Å². The van der Waals surface area contributed by atoms with Crippen molar-refractivity contribution in [3.05, 3.63) is 29.8 Å². The van der Waals surface area contributed by atoms with E-state index in [1.54, 1.807) is 6.92 Å². The first-order valence-corrected chi connectivity index (χ1v) is 5.49. The van der Waals surface area contributed by atoms with E-state index in [2.05, 4.69) is 9.26 Å². The van der Waals surface area contributed by atoms with Crippen molar-refractivity contribution in [1.82, 2.24) is 0 Å². The van der Waals surface area contributed by atoms with Gasteiger partial charge in [0.2, 0.25) is 0 Å². The van der Waals surface area contributed by atoms with E-state index in [9.17, 15) is 18.1 Å². The van der Waals surface area contributed by atoms with Crippen LogP contribution in [-0.2, 0) is 9.09 Å². The summed E-state index contributed by atoms with van der Waals surface area (Å²) in [6.07, 6.45) is 0. The third-order valence-corrected chi connectivity index (χ3v) is 2.37. The number of rotatable bonds is 4. The van der Waals surface area contributed by atoms with E-state index in [0.29, 0.717) is 6.07 Å². The largest absolute Gasteiger partial charge is 0.636 e. The molecule has 4 nitrogen and oxygen atoms in total. The Morgan fingerprint density at radius 3 is 2.69 bits per heavy atom. The van der Waals surface area contributed by atoms with Crippen LogP contribution in [0.1, 0.15) is 6.92 Å². The molecule has 16 heavy (non-hydrogen) atoms. The molecule has 7 heteroatoms. The van der Waals surface area contributed by atoms with Crippen LogP contribution in [0.25, 0.3) is 0 Å². The highest BCUT2D eigenvalue weighted by Crippen LogP contribution is 2.27. The van der Waals surface area contributed by atoms with Gasteiger partial charge in [-0.1, -0.05) is 0 Å². The van der Waals surface area contributed by atoms with Crippen molar-refractivity contribution >= 4 is 13.7 Å². The molecular weight excluding hydrogens is 241 g/mol. The van der Waals surface area contributed by atoms with Crippen molar-refractivity contribution in [3.63, 3.8) is 0 Å². The molecule has 1 atom stereocenters. The lowest BCUT2D eigenvalue weighted by atomic mass is 10.3. The predicted octanol–water partition coefficient (Wildman–Crippen LogP) is 3.24. The molecule has 0 aliphatic rings. The quantitative estimate of drug-likeness (QED) is 0.768. The monoisotopic (exact) mass is 249 g/mol. The normalized spacial score (nSPS) is 11.1. The summed E-state index contributed by atoms with van der Waals surface area (Å²) in [4.78, 5) is 11.0.